The molecular formula is C25H26P-. The van der Waals surface area contributed by atoms with Crippen molar-refractivity contribution in [1.82, 2.24) is 0 Å². The highest BCUT2D eigenvalue weighted by atomic mass is 31.1. The summed E-state index contributed by atoms with van der Waals surface area (Å²) in [5.74, 6) is 0.971. The van der Waals surface area contributed by atoms with E-state index in [2.05, 4.69) is 92.8 Å². The maximum Gasteiger partial charge on any atom is 0.0246 e. The molecule has 4 rings (SSSR count). The standard InChI is InChI=1S/C25H26P/c1-3-18-10-7-14-21(18)23-16-9-17-24(26-20-12-5-6-13-20)25(23)22-15-8-11-19(22)4-2/h5-18,22,26H,3-4H2,1-2H3/q-1. The molecule has 0 saturated carbocycles. The second kappa shape index (κ2) is 7.68. The summed E-state index contributed by atoms with van der Waals surface area (Å²) < 4.78 is 0. The van der Waals surface area contributed by atoms with E-state index in [0.717, 1.165) is 12.8 Å². The van der Waals surface area contributed by atoms with Crippen LogP contribution in [0.5, 0.6) is 0 Å². The Balaban J connectivity index is 1.83. The number of hydrogen-bond donors (Lipinski definition) is 0. The van der Waals surface area contributed by atoms with Crippen molar-refractivity contribution in [1.29, 1.82) is 0 Å². The zero-order valence-electron chi connectivity index (χ0n) is 15.6. The lowest BCUT2D eigenvalue weighted by molar-refractivity contribution is 0.799. The quantitative estimate of drug-likeness (QED) is 0.439. The normalized spacial score (nSPS) is 21.8. The lowest BCUT2D eigenvalue weighted by atomic mass is 9.83. The predicted octanol–water partition coefficient (Wildman–Crippen LogP) is 6.00. The summed E-state index contributed by atoms with van der Waals surface area (Å²) in [6.45, 7) is 4.56. The maximum absolute atomic E-state index is 2.39. The van der Waals surface area contributed by atoms with E-state index in [0.29, 0.717) is 20.4 Å². The smallest absolute Gasteiger partial charge is 0.0246 e. The highest BCUT2D eigenvalue weighted by molar-refractivity contribution is 7.55. The van der Waals surface area contributed by atoms with Gasteiger partial charge in [0.15, 0.2) is 0 Å². The second-order valence-electron chi connectivity index (χ2n) is 7.04. The number of hydrogen-bond acceptors (Lipinski definition) is 0. The van der Waals surface area contributed by atoms with Crippen LogP contribution < -0.4 is 10.6 Å². The van der Waals surface area contributed by atoms with E-state index in [1.165, 1.54) is 32.9 Å². The van der Waals surface area contributed by atoms with Gasteiger partial charge in [-0.25, -0.2) is 6.07 Å². The molecule has 3 atom stereocenters. The van der Waals surface area contributed by atoms with Gasteiger partial charge in [-0.05, 0) is 34.8 Å². The van der Waals surface area contributed by atoms with Crippen molar-refractivity contribution >= 4 is 24.8 Å². The zero-order valence-corrected chi connectivity index (χ0v) is 16.6. The molecule has 2 aliphatic rings. The van der Waals surface area contributed by atoms with E-state index >= 15 is 0 Å². The Kier molecular flexibility index (Phi) is 5.14. The fourth-order valence-corrected chi connectivity index (χ4v) is 5.45. The van der Waals surface area contributed by atoms with Gasteiger partial charge in [0.2, 0.25) is 0 Å². The van der Waals surface area contributed by atoms with Crippen molar-refractivity contribution in [2.24, 2.45) is 5.92 Å². The summed E-state index contributed by atoms with van der Waals surface area (Å²) in [7, 11) is 0.714. The van der Waals surface area contributed by atoms with E-state index in [-0.39, 0.29) is 0 Å². The number of rotatable bonds is 6. The van der Waals surface area contributed by atoms with Crippen molar-refractivity contribution in [3.8, 4) is 0 Å². The van der Waals surface area contributed by atoms with E-state index in [4.69, 9.17) is 0 Å². The van der Waals surface area contributed by atoms with Gasteiger partial charge in [-0.2, -0.15) is 23.5 Å². The largest absolute Gasteiger partial charge is 0.206 e. The Bertz CT molecular complexity index is 890. The van der Waals surface area contributed by atoms with E-state index in [9.17, 15) is 0 Å². The maximum atomic E-state index is 2.39. The van der Waals surface area contributed by atoms with Gasteiger partial charge in [-0.3, -0.25) is 0 Å². The van der Waals surface area contributed by atoms with Crippen LogP contribution in [0.4, 0.5) is 0 Å². The minimum atomic E-state index is 0.424. The van der Waals surface area contributed by atoms with Crippen LogP contribution >= 0.6 is 8.58 Å². The molecule has 0 bridgehead atoms. The Morgan fingerprint density at radius 2 is 1.92 bits per heavy atom. The molecule has 0 aliphatic heterocycles. The molecule has 0 N–H and O–H groups in total. The molecule has 2 aromatic rings. The topological polar surface area (TPSA) is 0 Å². The molecule has 0 nitrogen and oxygen atoms in total. The second-order valence-corrected chi connectivity index (χ2v) is 8.41. The summed E-state index contributed by atoms with van der Waals surface area (Å²) in [6.07, 6.45) is 16.1. The van der Waals surface area contributed by atoms with Crippen LogP contribution in [0.15, 0.2) is 84.5 Å². The minimum absolute atomic E-state index is 0.424. The Morgan fingerprint density at radius 3 is 2.69 bits per heavy atom. The molecule has 0 saturated heterocycles. The molecule has 132 valence electrons. The third kappa shape index (κ3) is 3.19. The first kappa shape index (κ1) is 17.4. The third-order valence-electron chi connectivity index (χ3n) is 5.55. The van der Waals surface area contributed by atoms with Crippen molar-refractivity contribution in [3.63, 3.8) is 0 Å². The molecule has 0 amide bonds. The first-order valence-corrected chi connectivity index (χ1v) is 10.7. The van der Waals surface area contributed by atoms with E-state index in [1.54, 1.807) is 0 Å². The molecule has 1 heteroatoms. The van der Waals surface area contributed by atoms with Gasteiger partial charge in [0.05, 0.1) is 0 Å². The van der Waals surface area contributed by atoms with Crippen molar-refractivity contribution in [2.45, 2.75) is 32.6 Å². The van der Waals surface area contributed by atoms with Gasteiger partial charge in [-0.1, -0.05) is 74.1 Å². The Labute approximate surface area is 159 Å². The van der Waals surface area contributed by atoms with Crippen molar-refractivity contribution < 1.29 is 0 Å². The molecule has 0 heterocycles. The minimum Gasteiger partial charge on any atom is -0.206 e. The molecule has 3 unspecified atom stereocenters. The van der Waals surface area contributed by atoms with E-state index < -0.39 is 0 Å². The molecule has 2 aliphatic carbocycles. The predicted molar refractivity (Wildman–Crippen MR) is 117 cm³/mol. The van der Waals surface area contributed by atoms with Crippen LogP contribution in [0.2, 0.25) is 0 Å². The van der Waals surface area contributed by atoms with Crippen LogP contribution in [0, 0.1) is 5.92 Å². The molecule has 0 aromatic heterocycles. The van der Waals surface area contributed by atoms with Crippen LogP contribution in [-0.4, -0.2) is 0 Å². The SMILES string of the molecule is CCC1=CC=CC1c1c(Pc2cc[cH-]c2)cccc1C1=CC=CC1CC. The molecule has 0 spiro atoms. The fourth-order valence-electron chi connectivity index (χ4n) is 4.18. The highest BCUT2D eigenvalue weighted by Gasteiger charge is 2.25. The summed E-state index contributed by atoms with van der Waals surface area (Å²) >= 11 is 0. The lowest BCUT2D eigenvalue weighted by Gasteiger charge is -2.25. The zero-order chi connectivity index (χ0) is 17.9. The van der Waals surface area contributed by atoms with Gasteiger partial charge in [0, 0.05) is 11.8 Å². The average Bonchev–Trinajstić information content (AvgIpc) is 3.42. The molecule has 0 fully saturated rings. The summed E-state index contributed by atoms with van der Waals surface area (Å²) in [5.41, 5.74) is 6.01. The van der Waals surface area contributed by atoms with Crippen LogP contribution in [0.3, 0.4) is 0 Å². The van der Waals surface area contributed by atoms with Crippen LogP contribution in [0.1, 0.15) is 43.7 Å². The number of benzene rings is 1. The first-order chi connectivity index (χ1) is 12.8. The third-order valence-corrected chi connectivity index (χ3v) is 6.88. The fraction of sp³-hybridized carbons (Fsp3) is 0.240. The van der Waals surface area contributed by atoms with E-state index in [1.807, 2.05) is 0 Å². The van der Waals surface area contributed by atoms with Crippen molar-refractivity contribution in [3.05, 3.63) is 95.6 Å². The Hall–Kier alpha value is -2.04. The lowest BCUT2D eigenvalue weighted by Crippen LogP contribution is -2.16. The first-order valence-electron chi connectivity index (χ1n) is 9.69. The monoisotopic (exact) mass is 357 g/mol. The summed E-state index contributed by atoms with van der Waals surface area (Å²) in [5, 5.41) is 2.92. The van der Waals surface area contributed by atoms with Gasteiger partial charge < -0.3 is 0 Å². The van der Waals surface area contributed by atoms with Crippen LogP contribution in [0.25, 0.3) is 5.57 Å². The molecule has 2 aromatic carbocycles. The summed E-state index contributed by atoms with van der Waals surface area (Å²) in [6, 6.07) is 15.7. The van der Waals surface area contributed by atoms with Gasteiger partial charge >= 0.3 is 0 Å². The molecule has 0 radical (unpaired) electrons. The number of allylic oxidation sites excluding steroid dienone is 8. The van der Waals surface area contributed by atoms with Gasteiger partial charge in [0.1, 0.15) is 0 Å². The molecular weight excluding hydrogens is 331 g/mol. The van der Waals surface area contributed by atoms with Gasteiger partial charge in [-0.15, -0.1) is 8.58 Å². The highest BCUT2D eigenvalue weighted by Crippen LogP contribution is 2.41. The molecule has 26 heavy (non-hydrogen) atoms. The van der Waals surface area contributed by atoms with Crippen LogP contribution in [-0.2, 0) is 0 Å². The summed E-state index contributed by atoms with van der Waals surface area (Å²) in [4.78, 5) is 0. The average molecular weight is 357 g/mol. The van der Waals surface area contributed by atoms with Crippen molar-refractivity contribution in [2.75, 3.05) is 0 Å². The van der Waals surface area contributed by atoms with Gasteiger partial charge in [0.25, 0.3) is 0 Å². The Morgan fingerprint density at radius 1 is 1.04 bits per heavy atom.